The summed E-state index contributed by atoms with van der Waals surface area (Å²) in [6, 6.07) is 8.20. The molecule has 1 heteroatoms. The van der Waals surface area contributed by atoms with Crippen LogP contribution in [-0.2, 0) is 6.42 Å². The van der Waals surface area contributed by atoms with Gasteiger partial charge in [-0.2, -0.15) is 0 Å². The van der Waals surface area contributed by atoms with Crippen LogP contribution >= 0.6 is 0 Å². The molecule has 0 bridgehead atoms. The first-order valence-electron chi connectivity index (χ1n) is 5.03. The van der Waals surface area contributed by atoms with Crippen LogP contribution in [0.1, 0.15) is 24.0 Å². The van der Waals surface area contributed by atoms with Gasteiger partial charge >= 0.3 is 0 Å². The van der Waals surface area contributed by atoms with Crippen molar-refractivity contribution >= 4 is 0 Å². The smallest absolute Gasteiger partial charge is 0.0275 e. The molecule has 0 spiro atoms. The number of terminal acetylenes is 1. The molecule has 2 rings (SSSR count). The van der Waals surface area contributed by atoms with Crippen molar-refractivity contribution in [2.24, 2.45) is 0 Å². The van der Waals surface area contributed by atoms with E-state index in [2.05, 4.69) is 23.4 Å². The minimum atomic E-state index is 0.340. The predicted octanol–water partition coefficient (Wildman–Crippen LogP) is 1.96. The fourth-order valence-electron chi connectivity index (χ4n) is 1.85. The molecule has 1 aromatic rings. The van der Waals surface area contributed by atoms with Crippen LogP contribution in [0.15, 0.2) is 24.3 Å². The fourth-order valence-corrected chi connectivity index (χ4v) is 1.85. The van der Waals surface area contributed by atoms with Crippen molar-refractivity contribution in [3.63, 3.8) is 0 Å². The highest BCUT2D eigenvalue weighted by Gasteiger charge is 2.40. The minimum absolute atomic E-state index is 0.340. The Morgan fingerprint density at radius 2 is 2.14 bits per heavy atom. The molecule has 72 valence electrons. The van der Waals surface area contributed by atoms with Gasteiger partial charge in [0.25, 0.3) is 0 Å². The maximum Gasteiger partial charge on any atom is 0.0275 e. The molecule has 1 N–H and O–H groups in total. The van der Waals surface area contributed by atoms with Crippen LogP contribution in [-0.4, -0.2) is 12.6 Å². The van der Waals surface area contributed by atoms with Crippen molar-refractivity contribution in [2.75, 3.05) is 7.05 Å². The summed E-state index contributed by atoms with van der Waals surface area (Å²) in [6.45, 7) is 0. The third-order valence-electron chi connectivity index (χ3n) is 3.09. The lowest BCUT2D eigenvalue weighted by atomic mass is 9.99. The van der Waals surface area contributed by atoms with Gasteiger partial charge in [-0.1, -0.05) is 24.1 Å². The van der Waals surface area contributed by atoms with E-state index in [9.17, 15) is 0 Å². The highest BCUT2D eigenvalue weighted by atomic mass is 15.0. The Morgan fingerprint density at radius 1 is 1.43 bits per heavy atom. The summed E-state index contributed by atoms with van der Waals surface area (Å²) in [7, 11) is 2.03. The number of hydrogen-bond donors (Lipinski definition) is 1. The maximum absolute atomic E-state index is 5.46. The quantitative estimate of drug-likeness (QED) is 0.710. The van der Waals surface area contributed by atoms with Gasteiger partial charge in [0, 0.05) is 11.1 Å². The minimum Gasteiger partial charge on any atom is -0.314 e. The maximum atomic E-state index is 5.46. The largest absolute Gasteiger partial charge is 0.314 e. The molecule has 1 fully saturated rings. The highest BCUT2D eigenvalue weighted by molar-refractivity contribution is 5.41. The van der Waals surface area contributed by atoms with Crippen molar-refractivity contribution in [3.05, 3.63) is 35.4 Å². The molecule has 0 aromatic heterocycles. The first-order chi connectivity index (χ1) is 6.79. The lowest BCUT2D eigenvalue weighted by molar-refractivity contribution is 0.548. The van der Waals surface area contributed by atoms with E-state index < -0.39 is 0 Å². The van der Waals surface area contributed by atoms with Crippen LogP contribution in [0, 0.1) is 12.3 Å². The molecule has 0 heterocycles. The molecule has 0 amide bonds. The van der Waals surface area contributed by atoms with E-state index in [1.807, 2.05) is 19.2 Å². The third kappa shape index (κ3) is 1.66. The summed E-state index contributed by atoms with van der Waals surface area (Å²) >= 11 is 0. The Kier molecular flexibility index (Phi) is 2.31. The molecular weight excluding hydrogens is 170 g/mol. The normalized spacial score (nSPS) is 17.4. The molecule has 0 unspecified atom stereocenters. The molecule has 1 saturated carbocycles. The molecule has 0 saturated heterocycles. The average Bonchev–Trinajstić information content (AvgIpc) is 2.99. The molecule has 1 nitrogen and oxygen atoms in total. The van der Waals surface area contributed by atoms with Crippen LogP contribution in [0.5, 0.6) is 0 Å². The van der Waals surface area contributed by atoms with Gasteiger partial charge in [0.2, 0.25) is 0 Å². The fraction of sp³-hybridized carbons (Fsp3) is 0.385. The number of hydrogen-bond acceptors (Lipinski definition) is 1. The van der Waals surface area contributed by atoms with Gasteiger partial charge in [-0.05, 0) is 37.9 Å². The molecular formula is C13H15N. The van der Waals surface area contributed by atoms with Crippen molar-refractivity contribution in [1.82, 2.24) is 5.32 Å². The van der Waals surface area contributed by atoms with Gasteiger partial charge in [-0.15, -0.1) is 6.42 Å². The SMILES string of the molecule is C#Cc1ccccc1CC1(NC)CC1. The zero-order valence-corrected chi connectivity index (χ0v) is 8.51. The van der Waals surface area contributed by atoms with Crippen molar-refractivity contribution in [3.8, 4) is 12.3 Å². The van der Waals surface area contributed by atoms with Crippen LogP contribution in [0.25, 0.3) is 0 Å². The van der Waals surface area contributed by atoms with Crippen molar-refractivity contribution in [1.29, 1.82) is 0 Å². The zero-order valence-electron chi connectivity index (χ0n) is 8.51. The summed E-state index contributed by atoms with van der Waals surface area (Å²) in [5, 5.41) is 3.38. The Balaban J connectivity index is 2.21. The molecule has 1 aromatic carbocycles. The lowest BCUT2D eigenvalue weighted by Gasteiger charge is -2.14. The van der Waals surface area contributed by atoms with E-state index in [0.717, 1.165) is 12.0 Å². The van der Waals surface area contributed by atoms with Crippen molar-refractivity contribution < 1.29 is 0 Å². The molecule has 14 heavy (non-hydrogen) atoms. The zero-order chi connectivity index (χ0) is 10.0. The molecule has 1 aliphatic rings. The standard InChI is InChI=1S/C13H15N/c1-3-11-6-4-5-7-12(11)10-13(14-2)8-9-13/h1,4-7,14H,8-10H2,2H3. The predicted molar refractivity (Wildman–Crippen MR) is 59.1 cm³/mol. The number of rotatable bonds is 3. The van der Waals surface area contributed by atoms with Crippen molar-refractivity contribution in [2.45, 2.75) is 24.8 Å². The molecule has 0 atom stereocenters. The van der Waals surface area contributed by atoms with Gasteiger partial charge in [0.15, 0.2) is 0 Å². The van der Waals surface area contributed by atoms with E-state index in [-0.39, 0.29) is 0 Å². The van der Waals surface area contributed by atoms with Crippen LogP contribution < -0.4 is 5.32 Å². The van der Waals surface area contributed by atoms with E-state index in [1.165, 1.54) is 18.4 Å². The Hall–Kier alpha value is -1.26. The molecule has 0 radical (unpaired) electrons. The summed E-state index contributed by atoms with van der Waals surface area (Å²) in [5.41, 5.74) is 2.67. The second-order valence-electron chi connectivity index (χ2n) is 4.01. The van der Waals surface area contributed by atoms with Gasteiger partial charge in [-0.3, -0.25) is 0 Å². The summed E-state index contributed by atoms with van der Waals surface area (Å²) in [4.78, 5) is 0. The molecule has 1 aliphatic carbocycles. The Bertz CT molecular complexity index is 369. The van der Waals surface area contributed by atoms with Gasteiger partial charge in [-0.25, -0.2) is 0 Å². The highest BCUT2D eigenvalue weighted by Crippen LogP contribution is 2.38. The van der Waals surface area contributed by atoms with E-state index in [1.54, 1.807) is 0 Å². The Labute approximate surface area is 85.5 Å². The lowest BCUT2D eigenvalue weighted by Crippen LogP contribution is -2.29. The number of likely N-dealkylation sites (N-methyl/N-ethyl adjacent to an activating group) is 1. The molecule has 0 aliphatic heterocycles. The van der Waals surface area contributed by atoms with Gasteiger partial charge < -0.3 is 5.32 Å². The average molecular weight is 185 g/mol. The van der Waals surface area contributed by atoms with Gasteiger partial charge in [0.1, 0.15) is 0 Å². The van der Waals surface area contributed by atoms with E-state index in [4.69, 9.17) is 6.42 Å². The van der Waals surface area contributed by atoms with Crippen LogP contribution in [0.3, 0.4) is 0 Å². The second kappa shape index (κ2) is 3.48. The Morgan fingerprint density at radius 3 is 2.71 bits per heavy atom. The van der Waals surface area contributed by atoms with Crippen LogP contribution in [0.4, 0.5) is 0 Å². The van der Waals surface area contributed by atoms with E-state index >= 15 is 0 Å². The monoisotopic (exact) mass is 185 g/mol. The summed E-state index contributed by atoms with van der Waals surface area (Å²) < 4.78 is 0. The second-order valence-corrected chi connectivity index (χ2v) is 4.01. The first kappa shape index (κ1) is 9.30. The van der Waals surface area contributed by atoms with Crippen LogP contribution in [0.2, 0.25) is 0 Å². The number of nitrogens with one attached hydrogen (secondary N) is 1. The first-order valence-corrected chi connectivity index (χ1v) is 5.03. The number of benzene rings is 1. The summed E-state index contributed by atoms with van der Waals surface area (Å²) in [6.07, 6.45) is 9.05. The third-order valence-corrected chi connectivity index (χ3v) is 3.09. The topological polar surface area (TPSA) is 12.0 Å². The summed E-state index contributed by atoms with van der Waals surface area (Å²) in [5.74, 6) is 2.74. The van der Waals surface area contributed by atoms with E-state index in [0.29, 0.717) is 5.54 Å². The van der Waals surface area contributed by atoms with Gasteiger partial charge in [0.05, 0.1) is 0 Å².